The lowest BCUT2D eigenvalue weighted by Gasteiger charge is -2.32. The van der Waals surface area contributed by atoms with Gasteiger partial charge in [0.1, 0.15) is 0 Å². The lowest BCUT2D eigenvalue weighted by atomic mass is 9.98. The number of piperidine rings is 1. The smallest absolute Gasteiger partial charge is 0.254 e. The number of ether oxygens (including phenoxy) is 4. The number of hydrogen-bond donors (Lipinski definition) is 0. The maximum atomic E-state index is 13.1. The average Bonchev–Trinajstić information content (AvgIpc) is 2.64. The second-order valence-corrected chi connectivity index (χ2v) is 6.32. The molecular weight excluding hydrogens is 334 g/mol. The highest BCUT2D eigenvalue weighted by molar-refractivity contribution is 5.95. The minimum atomic E-state index is -0.00393. The van der Waals surface area contributed by atoms with Gasteiger partial charge in [0, 0.05) is 25.8 Å². The maximum absolute atomic E-state index is 13.1. The van der Waals surface area contributed by atoms with Gasteiger partial charge in [-0.3, -0.25) is 4.79 Å². The average molecular weight is 365 g/mol. The van der Waals surface area contributed by atoms with Crippen molar-refractivity contribution in [1.29, 1.82) is 0 Å². The van der Waals surface area contributed by atoms with E-state index in [4.69, 9.17) is 18.9 Å². The number of nitrogens with zero attached hydrogens (tertiary/aromatic N) is 1. The van der Waals surface area contributed by atoms with Crippen LogP contribution in [0.2, 0.25) is 0 Å². The summed E-state index contributed by atoms with van der Waals surface area (Å²) in [6.07, 6.45) is 2.09. The molecule has 1 saturated heterocycles. The van der Waals surface area contributed by atoms with Crippen molar-refractivity contribution in [2.45, 2.75) is 33.6 Å². The Morgan fingerprint density at radius 1 is 1.08 bits per heavy atom. The quantitative estimate of drug-likeness (QED) is 0.671. The summed E-state index contributed by atoms with van der Waals surface area (Å²) in [5, 5.41) is 0. The summed E-state index contributed by atoms with van der Waals surface area (Å²) in [5.74, 6) is 2.04. The Kier molecular flexibility index (Phi) is 8.04. The zero-order valence-electron chi connectivity index (χ0n) is 16.4. The van der Waals surface area contributed by atoms with Crippen LogP contribution in [0.4, 0.5) is 0 Å². The number of carbonyl (C=O) groups is 1. The van der Waals surface area contributed by atoms with E-state index in [1.165, 1.54) is 0 Å². The minimum Gasteiger partial charge on any atom is -0.490 e. The monoisotopic (exact) mass is 365 g/mol. The first-order valence-corrected chi connectivity index (χ1v) is 9.49. The molecule has 6 heteroatoms. The predicted octanol–water partition coefficient (Wildman–Crippen LogP) is 3.38. The van der Waals surface area contributed by atoms with Crippen LogP contribution >= 0.6 is 0 Å². The van der Waals surface area contributed by atoms with E-state index in [0.717, 1.165) is 19.4 Å². The van der Waals surface area contributed by atoms with Crippen molar-refractivity contribution in [2.75, 3.05) is 46.6 Å². The van der Waals surface area contributed by atoms with Crippen LogP contribution in [-0.4, -0.2) is 57.4 Å². The van der Waals surface area contributed by atoms with Crippen LogP contribution in [0.25, 0.3) is 0 Å². The molecule has 1 aliphatic rings. The Labute approximate surface area is 156 Å². The zero-order chi connectivity index (χ0) is 18.9. The van der Waals surface area contributed by atoms with Gasteiger partial charge in [-0.1, -0.05) is 0 Å². The van der Waals surface area contributed by atoms with Gasteiger partial charge in [0.2, 0.25) is 5.75 Å². The van der Waals surface area contributed by atoms with Crippen LogP contribution in [0.3, 0.4) is 0 Å². The third-order valence-electron chi connectivity index (χ3n) is 4.36. The molecule has 0 spiro atoms. The Balaban J connectivity index is 2.30. The van der Waals surface area contributed by atoms with Gasteiger partial charge in [-0.2, -0.15) is 0 Å². The SMILES string of the molecule is CCOc1cc(C(=O)N2CCCC(COC)C2)cc(OCC)c1OCC. The van der Waals surface area contributed by atoms with Gasteiger partial charge in [-0.05, 0) is 51.7 Å². The molecule has 26 heavy (non-hydrogen) atoms. The number of rotatable bonds is 9. The Hall–Kier alpha value is -1.95. The number of amides is 1. The van der Waals surface area contributed by atoms with E-state index >= 15 is 0 Å². The fourth-order valence-corrected chi connectivity index (χ4v) is 3.32. The highest BCUT2D eigenvalue weighted by Gasteiger charge is 2.26. The van der Waals surface area contributed by atoms with Crippen molar-refractivity contribution in [3.05, 3.63) is 17.7 Å². The first kappa shape index (κ1) is 20.4. The molecule has 1 unspecified atom stereocenters. The standard InChI is InChI=1S/C20H31NO5/c1-5-24-17-11-16(12-18(25-6-2)19(17)26-7-3)20(22)21-10-8-9-15(13-21)14-23-4/h11-12,15H,5-10,13-14H2,1-4H3. The molecule has 0 radical (unpaired) electrons. The van der Waals surface area contributed by atoms with Gasteiger partial charge in [-0.15, -0.1) is 0 Å². The zero-order valence-corrected chi connectivity index (χ0v) is 16.4. The molecule has 0 aromatic heterocycles. The third kappa shape index (κ3) is 5.04. The van der Waals surface area contributed by atoms with Crippen LogP contribution in [-0.2, 0) is 4.74 Å². The van der Waals surface area contributed by atoms with Crippen molar-refractivity contribution in [3.63, 3.8) is 0 Å². The van der Waals surface area contributed by atoms with Crippen LogP contribution in [0.15, 0.2) is 12.1 Å². The van der Waals surface area contributed by atoms with Gasteiger partial charge in [-0.25, -0.2) is 0 Å². The molecule has 146 valence electrons. The molecule has 0 N–H and O–H groups in total. The number of hydrogen-bond acceptors (Lipinski definition) is 5. The van der Waals surface area contributed by atoms with Crippen LogP contribution in [0.1, 0.15) is 44.0 Å². The lowest BCUT2D eigenvalue weighted by molar-refractivity contribution is 0.0570. The molecule has 0 saturated carbocycles. The molecular formula is C20H31NO5. The molecule has 2 rings (SSSR count). The van der Waals surface area contributed by atoms with Crippen molar-refractivity contribution >= 4 is 5.91 Å². The lowest BCUT2D eigenvalue weighted by Crippen LogP contribution is -2.41. The summed E-state index contributed by atoms with van der Waals surface area (Å²) in [4.78, 5) is 15.0. The molecule has 6 nitrogen and oxygen atoms in total. The minimum absolute atomic E-state index is 0.00393. The first-order chi connectivity index (χ1) is 12.6. The Morgan fingerprint density at radius 3 is 2.23 bits per heavy atom. The van der Waals surface area contributed by atoms with Crippen molar-refractivity contribution in [2.24, 2.45) is 5.92 Å². The van der Waals surface area contributed by atoms with Gasteiger partial charge >= 0.3 is 0 Å². The molecule has 0 aliphatic carbocycles. The van der Waals surface area contributed by atoms with Gasteiger partial charge in [0.05, 0.1) is 26.4 Å². The van der Waals surface area contributed by atoms with Gasteiger partial charge < -0.3 is 23.8 Å². The van der Waals surface area contributed by atoms with Crippen LogP contribution < -0.4 is 14.2 Å². The highest BCUT2D eigenvalue weighted by Crippen LogP contribution is 2.39. The van der Waals surface area contributed by atoms with Gasteiger partial charge in [0.15, 0.2) is 11.5 Å². The fourth-order valence-electron chi connectivity index (χ4n) is 3.32. The van der Waals surface area contributed by atoms with Crippen LogP contribution in [0, 0.1) is 5.92 Å². The maximum Gasteiger partial charge on any atom is 0.254 e. The van der Waals surface area contributed by atoms with E-state index in [0.29, 0.717) is 61.7 Å². The van der Waals surface area contributed by atoms with E-state index in [9.17, 15) is 4.79 Å². The van der Waals surface area contributed by atoms with E-state index in [-0.39, 0.29) is 5.91 Å². The second-order valence-electron chi connectivity index (χ2n) is 6.32. The fraction of sp³-hybridized carbons (Fsp3) is 0.650. The van der Waals surface area contributed by atoms with E-state index in [2.05, 4.69) is 0 Å². The molecule has 1 aromatic carbocycles. The second kappa shape index (κ2) is 10.3. The summed E-state index contributed by atoms with van der Waals surface area (Å²) in [6, 6.07) is 3.53. The molecule has 1 fully saturated rings. The Bertz CT molecular complexity index is 561. The predicted molar refractivity (Wildman–Crippen MR) is 100 cm³/mol. The Morgan fingerprint density at radius 2 is 1.69 bits per heavy atom. The molecule has 1 heterocycles. The molecule has 1 amide bonds. The van der Waals surface area contributed by atoms with E-state index in [1.807, 2.05) is 25.7 Å². The normalized spacial score (nSPS) is 17.1. The topological polar surface area (TPSA) is 57.2 Å². The van der Waals surface area contributed by atoms with Crippen molar-refractivity contribution < 1.29 is 23.7 Å². The van der Waals surface area contributed by atoms with Gasteiger partial charge in [0.25, 0.3) is 5.91 Å². The van der Waals surface area contributed by atoms with Crippen molar-refractivity contribution in [3.8, 4) is 17.2 Å². The number of methoxy groups -OCH3 is 1. The molecule has 1 aromatic rings. The third-order valence-corrected chi connectivity index (χ3v) is 4.36. The largest absolute Gasteiger partial charge is 0.490 e. The summed E-state index contributed by atoms with van der Waals surface area (Å²) >= 11 is 0. The summed E-state index contributed by atoms with van der Waals surface area (Å²) in [7, 11) is 1.70. The highest BCUT2D eigenvalue weighted by atomic mass is 16.5. The number of carbonyl (C=O) groups excluding carboxylic acids is 1. The number of likely N-dealkylation sites (tertiary alicyclic amines) is 1. The summed E-state index contributed by atoms with van der Waals surface area (Å²) in [6.45, 7) is 9.36. The van der Waals surface area contributed by atoms with Crippen LogP contribution in [0.5, 0.6) is 17.2 Å². The molecule has 1 aliphatic heterocycles. The summed E-state index contributed by atoms with van der Waals surface area (Å²) < 4.78 is 22.4. The molecule has 1 atom stereocenters. The molecule has 0 bridgehead atoms. The summed E-state index contributed by atoms with van der Waals surface area (Å²) in [5.41, 5.74) is 0.568. The van der Waals surface area contributed by atoms with Crippen molar-refractivity contribution in [1.82, 2.24) is 4.90 Å². The van der Waals surface area contributed by atoms with E-state index < -0.39 is 0 Å². The van der Waals surface area contributed by atoms with E-state index in [1.54, 1.807) is 19.2 Å². The first-order valence-electron chi connectivity index (χ1n) is 9.49. The number of benzene rings is 1.